The lowest BCUT2D eigenvalue weighted by molar-refractivity contribution is 0.391. The second-order valence-corrected chi connectivity index (χ2v) is 6.05. The van der Waals surface area contributed by atoms with Crippen molar-refractivity contribution in [1.29, 1.82) is 0 Å². The summed E-state index contributed by atoms with van der Waals surface area (Å²) in [6.07, 6.45) is 4.51. The average Bonchev–Trinajstić information content (AvgIpc) is 3.26. The van der Waals surface area contributed by atoms with Gasteiger partial charge in [-0.05, 0) is 18.1 Å². The number of rotatable bonds is 5. The van der Waals surface area contributed by atoms with E-state index in [2.05, 4.69) is 44.3 Å². The summed E-state index contributed by atoms with van der Waals surface area (Å²) in [7, 11) is 0. The van der Waals surface area contributed by atoms with Crippen LogP contribution in [0.15, 0.2) is 52.4 Å². The average molecular weight is 338 g/mol. The largest absolute Gasteiger partial charge is 0.338 e. The Hall–Kier alpha value is -2.74. The SMILES string of the molecule is CCc1ccc(-c2noc(CSc3nc4ncccn4n3)n2)cc1. The van der Waals surface area contributed by atoms with Gasteiger partial charge in [-0.1, -0.05) is 48.1 Å². The van der Waals surface area contributed by atoms with E-state index in [-0.39, 0.29) is 0 Å². The third-order valence-electron chi connectivity index (χ3n) is 3.51. The number of thioether (sulfide) groups is 1. The Kier molecular flexibility index (Phi) is 3.96. The Balaban J connectivity index is 1.46. The fourth-order valence-corrected chi connectivity index (χ4v) is 2.88. The van der Waals surface area contributed by atoms with Crippen LogP contribution in [0.25, 0.3) is 17.2 Å². The summed E-state index contributed by atoms with van der Waals surface area (Å²) in [5, 5.41) is 8.99. The first kappa shape index (κ1) is 14.8. The third-order valence-corrected chi connectivity index (χ3v) is 4.33. The quantitative estimate of drug-likeness (QED) is 0.517. The second-order valence-electron chi connectivity index (χ2n) is 5.11. The van der Waals surface area contributed by atoms with Gasteiger partial charge in [0.05, 0.1) is 5.75 Å². The first-order chi connectivity index (χ1) is 11.8. The van der Waals surface area contributed by atoms with E-state index in [1.54, 1.807) is 10.7 Å². The molecule has 8 heteroatoms. The Bertz CT molecular complexity index is 929. The monoisotopic (exact) mass is 338 g/mol. The molecule has 120 valence electrons. The minimum atomic E-state index is 0.511. The number of hydrogen-bond donors (Lipinski definition) is 0. The third kappa shape index (κ3) is 3.00. The van der Waals surface area contributed by atoms with Gasteiger partial charge in [0.15, 0.2) is 0 Å². The van der Waals surface area contributed by atoms with Gasteiger partial charge in [-0.25, -0.2) is 9.50 Å². The molecule has 3 heterocycles. The van der Waals surface area contributed by atoms with Crippen LogP contribution in [0.4, 0.5) is 0 Å². The molecule has 0 unspecified atom stereocenters. The molecule has 0 fully saturated rings. The minimum absolute atomic E-state index is 0.511. The predicted octanol–water partition coefficient (Wildman–Crippen LogP) is 3.03. The van der Waals surface area contributed by atoms with Gasteiger partial charge in [0, 0.05) is 18.0 Å². The summed E-state index contributed by atoms with van der Waals surface area (Å²) in [6, 6.07) is 9.98. The summed E-state index contributed by atoms with van der Waals surface area (Å²) < 4.78 is 6.95. The van der Waals surface area contributed by atoms with Crippen LogP contribution in [-0.2, 0) is 12.2 Å². The van der Waals surface area contributed by atoms with Gasteiger partial charge in [-0.3, -0.25) is 0 Å². The van der Waals surface area contributed by atoms with Crippen LogP contribution in [-0.4, -0.2) is 29.7 Å². The van der Waals surface area contributed by atoms with Crippen LogP contribution in [0.2, 0.25) is 0 Å². The highest BCUT2D eigenvalue weighted by atomic mass is 32.2. The molecule has 4 rings (SSSR count). The summed E-state index contributed by atoms with van der Waals surface area (Å²) in [5.74, 6) is 2.22. The van der Waals surface area contributed by atoms with E-state index in [0.717, 1.165) is 12.0 Å². The van der Waals surface area contributed by atoms with E-state index in [1.165, 1.54) is 17.3 Å². The number of nitrogens with zero attached hydrogens (tertiary/aromatic N) is 6. The molecule has 0 atom stereocenters. The van der Waals surface area contributed by atoms with Gasteiger partial charge < -0.3 is 4.52 Å². The number of aryl methyl sites for hydroxylation is 1. The lowest BCUT2D eigenvalue weighted by atomic mass is 10.1. The van der Waals surface area contributed by atoms with Crippen LogP contribution in [0.5, 0.6) is 0 Å². The van der Waals surface area contributed by atoms with Gasteiger partial charge in [0.2, 0.25) is 16.9 Å². The molecule has 0 aliphatic heterocycles. The molecule has 0 spiro atoms. The highest BCUT2D eigenvalue weighted by Crippen LogP contribution is 2.22. The van der Waals surface area contributed by atoms with E-state index in [9.17, 15) is 0 Å². The van der Waals surface area contributed by atoms with Crippen LogP contribution < -0.4 is 0 Å². The highest BCUT2D eigenvalue weighted by molar-refractivity contribution is 7.98. The van der Waals surface area contributed by atoms with E-state index in [1.807, 2.05) is 24.4 Å². The van der Waals surface area contributed by atoms with Gasteiger partial charge in [0.25, 0.3) is 5.78 Å². The Morgan fingerprint density at radius 3 is 2.83 bits per heavy atom. The van der Waals surface area contributed by atoms with Crippen molar-refractivity contribution in [1.82, 2.24) is 29.7 Å². The zero-order chi connectivity index (χ0) is 16.4. The molecule has 0 radical (unpaired) electrons. The number of hydrogen-bond acceptors (Lipinski definition) is 7. The molecule has 7 nitrogen and oxygen atoms in total. The van der Waals surface area contributed by atoms with Gasteiger partial charge in [0.1, 0.15) is 0 Å². The summed E-state index contributed by atoms with van der Waals surface area (Å²) >= 11 is 1.43. The summed E-state index contributed by atoms with van der Waals surface area (Å²) in [5.41, 5.74) is 2.23. The minimum Gasteiger partial charge on any atom is -0.338 e. The maximum absolute atomic E-state index is 5.31. The maximum Gasteiger partial charge on any atom is 0.253 e. The summed E-state index contributed by atoms with van der Waals surface area (Å²) in [6.45, 7) is 2.13. The lowest BCUT2D eigenvalue weighted by Gasteiger charge is -1.97. The molecule has 0 saturated carbocycles. The fourth-order valence-electron chi connectivity index (χ4n) is 2.22. The van der Waals surface area contributed by atoms with Gasteiger partial charge in [-0.2, -0.15) is 9.97 Å². The maximum atomic E-state index is 5.31. The number of fused-ring (bicyclic) bond motifs is 1. The van der Waals surface area contributed by atoms with Crippen LogP contribution in [0.3, 0.4) is 0 Å². The number of benzene rings is 1. The predicted molar refractivity (Wildman–Crippen MR) is 89.5 cm³/mol. The molecule has 1 aromatic carbocycles. The highest BCUT2D eigenvalue weighted by Gasteiger charge is 2.11. The molecule has 3 aromatic heterocycles. The van der Waals surface area contributed by atoms with E-state index in [0.29, 0.717) is 28.4 Å². The van der Waals surface area contributed by atoms with Gasteiger partial charge >= 0.3 is 0 Å². The Morgan fingerprint density at radius 1 is 1.17 bits per heavy atom. The molecular weight excluding hydrogens is 324 g/mol. The van der Waals surface area contributed by atoms with Crippen LogP contribution in [0.1, 0.15) is 18.4 Å². The molecule has 0 N–H and O–H groups in total. The smallest absolute Gasteiger partial charge is 0.253 e. The normalized spacial score (nSPS) is 11.2. The molecule has 0 amide bonds. The Labute approximate surface area is 142 Å². The molecule has 24 heavy (non-hydrogen) atoms. The van der Waals surface area contributed by atoms with Crippen LogP contribution in [0, 0.1) is 0 Å². The molecule has 4 aromatic rings. The number of aromatic nitrogens is 6. The van der Waals surface area contributed by atoms with E-state index < -0.39 is 0 Å². The zero-order valence-corrected chi connectivity index (χ0v) is 13.8. The van der Waals surface area contributed by atoms with Crippen molar-refractivity contribution in [3.8, 4) is 11.4 Å². The molecule has 0 aliphatic rings. The Morgan fingerprint density at radius 2 is 2.04 bits per heavy atom. The molecule has 0 bridgehead atoms. The van der Waals surface area contributed by atoms with Crippen molar-refractivity contribution in [3.63, 3.8) is 0 Å². The zero-order valence-electron chi connectivity index (χ0n) is 13.0. The first-order valence-electron chi connectivity index (χ1n) is 7.54. The molecule has 0 saturated heterocycles. The fraction of sp³-hybridized carbons (Fsp3) is 0.188. The van der Waals surface area contributed by atoms with Crippen molar-refractivity contribution >= 4 is 17.5 Å². The lowest BCUT2D eigenvalue weighted by Crippen LogP contribution is -1.87. The van der Waals surface area contributed by atoms with Crippen molar-refractivity contribution in [2.24, 2.45) is 0 Å². The summed E-state index contributed by atoms with van der Waals surface area (Å²) in [4.78, 5) is 12.9. The van der Waals surface area contributed by atoms with Gasteiger partial charge in [-0.15, -0.1) is 5.10 Å². The standard InChI is InChI=1S/C16H14N6OS/c1-2-11-4-6-12(7-5-11)14-18-13(23-21-14)10-24-16-19-15-17-8-3-9-22(15)20-16/h3-9H,2,10H2,1H3. The molecule has 0 aliphatic carbocycles. The second kappa shape index (κ2) is 6.40. The topological polar surface area (TPSA) is 82.0 Å². The van der Waals surface area contributed by atoms with E-state index >= 15 is 0 Å². The van der Waals surface area contributed by atoms with E-state index in [4.69, 9.17) is 4.52 Å². The van der Waals surface area contributed by atoms with Crippen molar-refractivity contribution in [2.45, 2.75) is 24.3 Å². The first-order valence-corrected chi connectivity index (χ1v) is 8.52. The van der Waals surface area contributed by atoms with Crippen LogP contribution >= 0.6 is 11.8 Å². The van der Waals surface area contributed by atoms with Crippen molar-refractivity contribution in [3.05, 3.63) is 54.2 Å². The van der Waals surface area contributed by atoms with Crippen molar-refractivity contribution < 1.29 is 4.52 Å². The molecular formula is C16H14N6OS. The van der Waals surface area contributed by atoms with Crippen molar-refractivity contribution in [2.75, 3.05) is 0 Å².